The Morgan fingerprint density at radius 3 is 2.71 bits per heavy atom. The van der Waals surface area contributed by atoms with Gasteiger partial charge in [0.1, 0.15) is 5.60 Å². The van der Waals surface area contributed by atoms with Gasteiger partial charge in [-0.05, 0) is 25.8 Å². The Balaban J connectivity index is 1.40. The van der Waals surface area contributed by atoms with Crippen molar-refractivity contribution in [1.82, 2.24) is 25.1 Å². The number of nitrogens with one attached hydrogen (secondary N) is 1. The summed E-state index contributed by atoms with van der Waals surface area (Å²) in [6.07, 6.45) is 9.70. The number of nitrogens with zero attached hydrogens (tertiary/aromatic N) is 4. The van der Waals surface area contributed by atoms with Crippen LogP contribution in [0.1, 0.15) is 47.4 Å². The lowest BCUT2D eigenvalue weighted by Gasteiger charge is -2.43. The zero-order valence-electron chi connectivity index (χ0n) is 15.5. The van der Waals surface area contributed by atoms with Crippen LogP contribution in [-0.2, 0) is 5.60 Å². The molecule has 7 nitrogen and oxygen atoms in total. The lowest BCUT2D eigenvalue weighted by atomic mass is 9.82. The first-order chi connectivity index (χ1) is 13.5. The molecule has 2 fully saturated rings. The van der Waals surface area contributed by atoms with Crippen molar-refractivity contribution in [2.24, 2.45) is 0 Å². The fourth-order valence-electron chi connectivity index (χ4n) is 4.75. The summed E-state index contributed by atoms with van der Waals surface area (Å²) in [4.78, 5) is 25.0. The first-order valence-corrected chi connectivity index (χ1v) is 10.3. The highest BCUT2D eigenvalue weighted by molar-refractivity contribution is 7.13. The van der Waals surface area contributed by atoms with Crippen molar-refractivity contribution < 1.29 is 9.90 Å². The maximum Gasteiger partial charge on any atom is 0.255 e. The number of hydrogen-bond acceptors (Lipinski definition) is 6. The van der Waals surface area contributed by atoms with Crippen LogP contribution in [0, 0.1) is 6.92 Å². The molecule has 0 radical (unpaired) electrons. The molecule has 0 saturated carbocycles. The second-order valence-corrected chi connectivity index (χ2v) is 8.63. The molecule has 2 atom stereocenters. The third kappa shape index (κ3) is 2.75. The van der Waals surface area contributed by atoms with Crippen LogP contribution in [0.2, 0.25) is 0 Å². The van der Waals surface area contributed by atoms with Crippen LogP contribution in [0.3, 0.4) is 0 Å². The van der Waals surface area contributed by atoms with Gasteiger partial charge in [0.2, 0.25) is 0 Å². The third-order valence-electron chi connectivity index (χ3n) is 5.95. The minimum atomic E-state index is -1.02. The van der Waals surface area contributed by atoms with E-state index in [0.29, 0.717) is 24.1 Å². The van der Waals surface area contributed by atoms with Gasteiger partial charge in [0.15, 0.2) is 0 Å². The number of piperidine rings is 1. The van der Waals surface area contributed by atoms with Gasteiger partial charge in [-0.1, -0.05) is 0 Å². The molecule has 2 N–H and O–H groups in total. The van der Waals surface area contributed by atoms with Gasteiger partial charge in [0.05, 0.1) is 23.1 Å². The van der Waals surface area contributed by atoms with E-state index in [-0.39, 0.29) is 18.0 Å². The van der Waals surface area contributed by atoms with Crippen LogP contribution >= 0.6 is 11.3 Å². The van der Waals surface area contributed by atoms with Crippen LogP contribution in [0.15, 0.2) is 36.2 Å². The Labute approximate surface area is 166 Å². The minimum absolute atomic E-state index is 0.0231. The summed E-state index contributed by atoms with van der Waals surface area (Å²) in [5.74, 6) is 0.0522. The molecule has 5 heterocycles. The molecule has 2 aliphatic heterocycles. The summed E-state index contributed by atoms with van der Waals surface area (Å²) >= 11 is 1.55. The van der Waals surface area contributed by atoms with E-state index in [1.807, 2.05) is 29.5 Å². The average molecular weight is 395 g/mol. The van der Waals surface area contributed by atoms with Gasteiger partial charge >= 0.3 is 0 Å². The van der Waals surface area contributed by atoms with E-state index in [1.54, 1.807) is 29.9 Å². The number of H-pyrrole nitrogens is 1. The molecule has 3 aromatic rings. The molecular formula is C20H21N5O2S. The van der Waals surface area contributed by atoms with Crippen molar-refractivity contribution in [3.05, 3.63) is 53.2 Å². The van der Waals surface area contributed by atoms with Crippen LogP contribution in [-0.4, -0.2) is 48.2 Å². The zero-order valence-corrected chi connectivity index (χ0v) is 16.3. The largest absolute Gasteiger partial charge is 0.383 e. The van der Waals surface area contributed by atoms with Crippen LogP contribution in [0.5, 0.6) is 0 Å². The molecule has 28 heavy (non-hydrogen) atoms. The predicted octanol–water partition coefficient (Wildman–Crippen LogP) is 2.89. The molecule has 0 aromatic carbocycles. The number of carbonyl (C=O) groups is 1. The number of thiophene rings is 1. The summed E-state index contributed by atoms with van der Waals surface area (Å²) in [6, 6.07) is 1.98. The van der Waals surface area contributed by atoms with Gasteiger partial charge in [-0.15, -0.1) is 11.3 Å². The molecule has 2 bridgehead atoms. The van der Waals surface area contributed by atoms with E-state index in [1.165, 1.54) is 0 Å². The third-order valence-corrected chi connectivity index (χ3v) is 6.93. The molecule has 0 aliphatic carbocycles. The number of amides is 1. The first kappa shape index (κ1) is 17.5. The molecule has 2 aliphatic rings. The van der Waals surface area contributed by atoms with Gasteiger partial charge in [0, 0.05) is 59.3 Å². The number of fused-ring (bicyclic) bond motifs is 2. The van der Waals surface area contributed by atoms with Crippen molar-refractivity contribution in [3.63, 3.8) is 0 Å². The molecule has 2 saturated heterocycles. The van der Waals surface area contributed by atoms with E-state index in [2.05, 4.69) is 20.2 Å². The maximum absolute atomic E-state index is 13.3. The van der Waals surface area contributed by atoms with Gasteiger partial charge in [-0.3, -0.25) is 19.9 Å². The molecule has 5 rings (SSSR count). The molecule has 144 valence electrons. The van der Waals surface area contributed by atoms with Crippen molar-refractivity contribution in [1.29, 1.82) is 0 Å². The van der Waals surface area contributed by atoms with E-state index in [9.17, 15) is 9.90 Å². The Hall–Kier alpha value is -2.58. The standard InChI is InChI=1S/C20H21N5O2S/c1-12-18(22-5-4-21-12)20(27)7-15-2-3-16(8-20)25(15)19(26)13-6-17(28-11-13)14-9-23-24-10-14/h4-6,9-11,15-16,27H,2-3,7-8H2,1H3,(H,23,24). The first-order valence-electron chi connectivity index (χ1n) is 9.46. The highest BCUT2D eigenvalue weighted by atomic mass is 32.1. The Bertz CT molecular complexity index is 1000. The van der Waals surface area contributed by atoms with Gasteiger partial charge in [-0.25, -0.2) is 0 Å². The number of hydrogen-bond donors (Lipinski definition) is 2. The van der Waals surface area contributed by atoms with E-state index < -0.39 is 5.60 Å². The number of aromatic nitrogens is 4. The van der Waals surface area contributed by atoms with Crippen LogP contribution in [0.25, 0.3) is 10.4 Å². The summed E-state index contributed by atoms with van der Waals surface area (Å²) in [6.45, 7) is 1.88. The Morgan fingerprint density at radius 1 is 1.29 bits per heavy atom. The lowest BCUT2D eigenvalue weighted by molar-refractivity contribution is -0.0514. The monoisotopic (exact) mass is 395 g/mol. The average Bonchev–Trinajstić information content (AvgIpc) is 3.41. The highest BCUT2D eigenvalue weighted by Crippen LogP contribution is 2.46. The fraction of sp³-hybridized carbons (Fsp3) is 0.400. The lowest BCUT2D eigenvalue weighted by Crippen LogP contribution is -2.52. The normalized spacial score (nSPS) is 26.6. The van der Waals surface area contributed by atoms with E-state index in [4.69, 9.17) is 0 Å². The zero-order chi connectivity index (χ0) is 19.3. The number of aryl methyl sites for hydroxylation is 1. The SMILES string of the molecule is Cc1nccnc1C1(O)CC2CCC(C1)N2C(=O)c1csc(-c2cn[nH]c2)c1. The second-order valence-electron chi connectivity index (χ2n) is 7.71. The van der Waals surface area contributed by atoms with Crippen molar-refractivity contribution in [3.8, 4) is 10.4 Å². The summed E-state index contributed by atoms with van der Waals surface area (Å²) < 4.78 is 0. The molecule has 3 aromatic heterocycles. The minimum Gasteiger partial charge on any atom is -0.383 e. The predicted molar refractivity (Wildman–Crippen MR) is 105 cm³/mol. The molecule has 8 heteroatoms. The Morgan fingerprint density at radius 2 is 2.04 bits per heavy atom. The molecule has 1 amide bonds. The summed E-state index contributed by atoms with van der Waals surface area (Å²) in [5, 5.41) is 20.1. The van der Waals surface area contributed by atoms with Crippen molar-refractivity contribution in [2.75, 3.05) is 0 Å². The summed E-state index contributed by atoms with van der Waals surface area (Å²) in [7, 11) is 0. The number of rotatable bonds is 3. The number of carbonyl (C=O) groups excluding carboxylic acids is 1. The van der Waals surface area contributed by atoms with Gasteiger partial charge < -0.3 is 10.0 Å². The maximum atomic E-state index is 13.3. The van der Waals surface area contributed by atoms with Crippen molar-refractivity contribution >= 4 is 17.2 Å². The second kappa shape index (κ2) is 6.49. The molecular weight excluding hydrogens is 374 g/mol. The van der Waals surface area contributed by atoms with E-state index >= 15 is 0 Å². The summed E-state index contributed by atoms with van der Waals surface area (Å²) in [5.41, 5.74) is 2.08. The van der Waals surface area contributed by atoms with Crippen LogP contribution in [0.4, 0.5) is 0 Å². The van der Waals surface area contributed by atoms with Gasteiger partial charge in [-0.2, -0.15) is 5.10 Å². The topological polar surface area (TPSA) is 95.0 Å². The fourth-order valence-corrected chi connectivity index (χ4v) is 5.61. The van der Waals surface area contributed by atoms with Gasteiger partial charge in [0.25, 0.3) is 5.91 Å². The highest BCUT2D eigenvalue weighted by Gasteiger charge is 2.51. The quantitative estimate of drug-likeness (QED) is 0.711. The van der Waals surface area contributed by atoms with Crippen LogP contribution < -0.4 is 0 Å². The molecule has 0 spiro atoms. The van der Waals surface area contributed by atoms with E-state index in [0.717, 1.165) is 29.0 Å². The number of aromatic amines is 1. The molecule has 2 unspecified atom stereocenters. The smallest absolute Gasteiger partial charge is 0.255 e. The van der Waals surface area contributed by atoms with Crippen molar-refractivity contribution in [2.45, 2.75) is 50.3 Å². The number of aliphatic hydroxyl groups is 1. The Kier molecular flexibility index (Phi) is 4.06.